The second-order valence-electron chi connectivity index (χ2n) is 28.8. The smallest absolute Gasteiger partial charge is 0.0715 e. The number of nitrogens with zero attached hydrogens (tertiary/aromatic N) is 6. The van der Waals surface area contributed by atoms with Crippen LogP contribution < -0.4 is 0 Å². The second kappa shape index (κ2) is 27.7. The van der Waals surface area contributed by atoms with Crippen LogP contribution in [0.5, 0.6) is 0 Å². The quantitative estimate of drug-likeness (QED) is 0.122. The number of fused-ring (bicyclic) bond motifs is 12. The van der Waals surface area contributed by atoms with Gasteiger partial charge in [-0.1, -0.05) is 291 Å². The minimum absolute atomic E-state index is 0.949. The van der Waals surface area contributed by atoms with E-state index in [-0.39, 0.29) is 0 Å². The molecule has 0 atom stereocenters. The first kappa shape index (κ1) is 65.3. The molecule has 0 saturated heterocycles. The van der Waals surface area contributed by atoms with Crippen LogP contribution in [0.4, 0.5) is 0 Å². The van der Waals surface area contributed by atoms with Crippen molar-refractivity contribution in [3.63, 3.8) is 0 Å². The van der Waals surface area contributed by atoms with E-state index in [2.05, 4.69) is 425 Å². The van der Waals surface area contributed by atoms with Gasteiger partial charge in [-0.05, 0) is 178 Å². The fourth-order valence-corrected chi connectivity index (χ4v) is 16.9. The number of hydrogen-bond donors (Lipinski definition) is 0. The van der Waals surface area contributed by atoms with Crippen molar-refractivity contribution in [2.24, 2.45) is 0 Å². The molecule has 0 bridgehead atoms. The van der Waals surface area contributed by atoms with Gasteiger partial charge >= 0.3 is 0 Å². The average Bonchev–Trinajstić information content (AvgIpc) is 1.59. The van der Waals surface area contributed by atoms with E-state index in [0.29, 0.717) is 0 Å². The van der Waals surface area contributed by atoms with Gasteiger partial charge in [-0.3, -0.25) is 0 Å². The van der Waals surface area contributed by atoms with E-state index >= 15 is 0 Å². The predicted octanol–water partition coefficient (Wildman–Crippen LogP) is 27.9. The first-order valence-electron chi connectivity index (χ1n) is 38.3. The summed E-state index contributed by atoms with van der Waals surface area (Å²) >= 11 is 0. The Kier molecular flexibility index (Phi) is 16.1. The van der Waals surface area contributed by atoms with Crippen LogP contribution in [0.3, 0.4) is 0 Å². The SMILES string of the molecule is c1ccc(-c2cc(-c3ccc(-n4c5ccccc5c5ccc(-c6ccc7c(c6)c6ccccc6n7-c6ccccc6)cc54)cc3)cc(-c3ccccc3)n2)cc1.c1ccc(-c2cc(-c3ccccc3)nc(-c3ccc(-n4c5ccccc5c5ccc(-c6ccc7c(c6)c6ccccc6n7-c6ccccc6)cc54)cc3)c2)cc1. The van der Waals surface area contributed by atoms with Crippen LogP contribution in [0.25, 0.3) is 200 Å². The van der Waals surface area contributed by atoms with E-state index in [1.807, 2.05) is 18.2 Å². The molecule has 6 heterocycles. The van der Waals surface area contributed by atoms with Crippen LogP contribution in [-0.2, 0) is 0 Å². The van der Waals surface area contributed by atoms with Gasteiger partial charge in [0.05, 0.1) is 66.9 Å². The van der Waals surface area contributed by atoms with Crippen molar-refractivity contribution >= 4 is 87.2 Å². The molecule has 16 aromatic carbocycles. The van der Waals surface area contributed by atoms with Crippen molar-refractivity contribution in [3.8, 4) is 112 Å². The zero-order chi connectivity index (χ0) is 74.0. The average molecular weight is 1430 g/mol. The van der Waals surface area contributed by atoms with E-state index in [0.717, 1.165) is 73.1 Å². The van der Waals surface area contributed by atoms with Crippen LogP contribution in [0, 0.1) is 0 Å². The van der Waals surface area contributed by atoms with Gasteiger partial charge < -0.3 is 18.3 Å². The molecule has 0 aliphatic heterocycles. The summed E-state index contributed by atoms with van der Waals surface area (Å²) in [6.07, 6.45) is 0. The van der Waals surface area contributed by atoms with Crippen molar-refractivity contribution < 1.29 is 0 Å². The third-order valence-electron chi connectivity index (χ3n) is 22.2. The molecule has 0 radical (unpaired) electrons. The van der Waals surface area contributed by atoms with Gasteiger partial charge in [0.2, 0.25) is 0 Å². The second-order valence-corrected chi connectivity index (χ2v) is 28.8. The zero-order valence-electron chi connectivity index (χ0n) is 61.1. The highest BCUT2D eigenvalue weighted by Gasteiger charge is 2.21. The maximum Gasteiger partial charge on any atom is 0.0715 e. The third-order valence-corrected chi connectivity index (χ3v) is 22.2. The molecular formula is C106H70N6. The van der Waals surface area contributed by atoms with Gasteiger partial charge in [0.15, 0.2) is 0 Å². The number of hydrogen-bond acceptors (Lipinski definition) is 2. The van der Waals surface area contributed by atoms with E-state index in [1.54, 1.807) is 0 Å². The molecule has 0 aliphatic carbocycles. The maximum atomic E-state index is 5.19. The highest BCUT2D eigenvalue weighted by molar-refractivity contribution is 6.15. The lowest BCUT2D eigenvalue weighted by Gasteiger charge is -2.12. The maximum absolute atomic E-state index is 5.19. The molecule has 0 saturated carbocycles. The topological polar surface area (TPSA) is 45.5 Å². The largest absolute Gasteiger partial charge is 0.309 e. The fraction of sp³-hybridized carbons (Fsp3) is 0. The summed E-state index contributed by atoms with van der Waals surface area (Å²) in [4.78, 5) is 10.3. The van der Waals surface area contributed by atoms with E-state index in [1.165, 1.54) is 126 Å². The molecule has 6 heteroatoms. The van der Waals surface area contributed by atoms with Crippen LogP contribution in [0.15, 0.2) is 425 Å². The number of aromatic nitrogens is 6. The molecule has 524 valence electrons. The van der Waals surface area contributed by atoms with Gasteiger partial charge in [-0.25, -0.2) is 9.97 Å². The number of para-hydroxylation sites is 6. The molecule has 0 aliphatic rings. The summed E-state index contributed by atoms with van der Waals surface area (Å²) in [5.74, 6) is 0. The van der Waals surface area contributed by atoms with Crippen LogP contribution in [0.2, 0.25) is 0 Å². The van der Waals surface area contributed by atoms with Crippen molar-refractivity contribution in [2.45, 2.75) is 0 Å². The molecule has 6 aromatic heterocycles. The number of benzene rings is 16. The van der Waals surface area contributed by atoms with Gasteiger partial charge in [0, 0.05) is 88.1 Å². The van der Waals surface area contributed by atoms with Crippen molar-refractivity contribution in [3.05, 3.63) is 425 Å². The molecule has 22 aromatic rings. The van der Waals surface area contributed by atoms with Gasteiger partial charge in [-0.2, -0.15) is 0 Å². The Morgan fingerprint density at radius 3 is 0.705 bits per heavy atom. The van der Waals surface area contributed by atoms with Gasteiger partial charge in [-0.15, -0.1) is 0 Å². The molecular weight excluding hydrogens is 1360 g/mol. The Bertz CT molecular complexity index is 6750. The zero-order valence-corrected chi connectivity index (χ0v) is 61.1. The Morgan fingerprint density at radius 1 is 0.125 bits per heavy atom. The molecule has 0 fully saturated rings. The molecule has 0 N–H and O–H groups in total. The molecule has 6 nitrogen and oxygen atoms in total. The highest BCUT2D eigenvalue weighted by Crippen LogP contribution is 2.43. The van der Waals surface area contributed by atoms with E-state index < -0.39 is 0 Å². The highest BCUT2D eigenvalue weighted by atomic mass is 15.0. The lowest BCUT2D eigenvalue weighted by molar-refractivity contribution is 1.18. The Hall–Kier alpha value is -15.0. The lowest BCUT2D eigenvalue weighted by Crippen LogP contribution is -1.95. The minimum atomic E-state index is 0.949. The summed E-state index contributed by atoms with van der Waals surface area (Å²) in [6.45, 7) is 0. The standard InChI is InChI=1S/2C53H35N3/c1-4-14-37(15-5-1)48-33-41(34-49(54-48)38-16-6-2-7-17-38)36-24-28-43(29-25-36)56-50-22-12-10-20-44(50)46-30-26-40(35-53(46)56)39-27-31-52-47(32-39)45-21-11-13-23-51(45)55(52)42-18-8-3-9-19-42;1-4-14-36(15-5-1)41-33-48(37-16-6-2-7-17-37)54-49(34-41)38-24-28-43(29-25-38)56-50-22-12-10-20-44(50)46-30-26-40(35-53(46)56)39-27-31-52-47(32-39)45-21-11-13-23-51(45)55(52)42-18-8-3-9-19-42/h2*1-35H. The number of pyridine rings is 2. The van der Waals surface area contributed by atoms with Crippen molar-refractivity contribution in [1.82, 2.24) is 28.2 Å². The molecule has 0 unspecified atom stereocenters. The van der Waals surface area contributed by atoms with Crippen LogP contribution >= 0.6 is 0 Å². The monoisotopic (exact) mass is 1430 g/mol. The first-order chi connectivity index (χ1) is 55.5. The lowest BCUT2D eigenvalue weighted by atomic mass is 9.99. The van der Waals surface area contributed by atoms with Crippen LogP contribution in [0.1, 0.15) is 0 Å². The Labute approximate surface area is 648 Å². The first-order valence-corrected chi connectivity index (χ1v) is 38.3. The molecule has 112 heavy (non-hydrogen) atoms. The third kappa shape index (κ3) is 11.6. The summed E-state index contributed by atoms with van der Waals surface area (Å²) in [5, 5.41) is 9.97. The summed E-state index contributed by atoms with van der Waals surface area (Å²) in [7, 11) is 0. The summed E-state index contributed by atoms with van der Waals surface area (Å²) in [6, 6.07) is 152. The molecule has 0 amide bonds. The van der Waals surface area contributed by atoms with Gasteiger partial charge in [0.1, 0.15) is 0 Å². The molecule has 22 rings (SSSR count). The Balaban J connectivity index is 0.000000141. The van der Waals surface area contributed by atoms with Crippen LogP contribution in [-0.4, -0.2) is 28.2 Å². The number of rotatable bonds is 12. The summed E-state index contributed by atoms with van der Waals surface area (Å²) in [5.41, 5.74) is 31.7. The van der Waals surface area contributed by atoms with Crippen molar-refractivity contribution in [2.75, 3.05) is 0 Å². The van der Waals surface area contributed by atoms with E-state index in [4.69, 9.17) is 9.97 Å². The molecule has 0 spiro atoms. The van der Waals surface area contributed by atoms with Crippen molar-refractivity contribution in [1.29, 1.82) is 0 Å². The predicted molar refractivity (Wildman–Crippen MR) is 469 cm³/mol. The minimum Gasteiger partial charge on any atom is -0.309 e. The van der Waals surface area contributed by atoms with E-state index in [9.17, 15) is 0 Å². The Morgan fingerprint density at radius 2 is 0.348 bits per heavy atom. The fourth-order valence-electron chi connectivity index (χ4n) is 16.9. The normalized spacial score (nSPS) is 11.6. The summed E-state index contributed by atoms with van der Waals surface area (Å²) < 4.78 is 9.56. The van der Waals surface area contributed by atoms with Gasteiger partial charge in [0.25, 0.3) is 0 Å².